The van der Waals surface area contributed by atoms with Crippen LogP contribution in [0.5, 0.6) is 0 Å². The van der Waals surface area contributed by atoms with Gasteiger partial charge in [0.15, 0.2) is 0 Å². The van der Waals surface area contributed by atoms with Crippen molar-refractivity contribution in [1.29, 1.82) is 0 Å². The highest BCUT2D eigenvalue weighted by Crippen LogP contribution is 2.37. The van der Waals surface area contributed by atoms with Gasteiger partial charge in [0.1, 0.15) is 11.8 Å². The van der Waals surface area contributed by atoms with Crippen LogP contribution in [0.25, 0.3) is 11.0 Å². The first-order chi connectivity index (χ1) is 11.7. The van der Waals surface area contributed by atoms with E-state index < -0.39 is 0 Å². The van der Waals surface area contributed by atoms with Gasteiger partial charge in [0.2, 0.25) is 0 Å². The molecule has 2 aromatic heterocycles. The number of furan rings is 1. The highest BCUT2D eigenvalue weighted by atomic mass is 16.3. The van der Waals surface area contributed by atoms with Crippen LogP contribution in [0.1, 0.15) is 34.9 Å². The van der Waals surface area contributed by atoms with E-state index in [0.29, 0.717) is 24.0 Å². The Morgan fingerprint density at radius 1 is 1.21 bits per heavy atom. The molecule has 24 heavy (non-hydrogen) atoms. The largest absolute Gasteiger partial charge is 0.463 e. The molecule has 0 bridgehead atoms. The zero-order valence-electron chi connectivity index (χ0n) is 13.1. The molecule has 1 atom stereocenters. The lowest BCUT2D eigenvalue weighted by Crippen LogP contribution is -2.41. The lowest BCUT2D eigenvalue weighted by atomic mass is 9.76. The fraction of sp³-hybridized carbons (Fsp3) is 0.263. The minimum absolute atomic E-state index is 0.183. The summed E-state index contributed by atoms with van der Waals surface area (Å²) < 4.78 is 5.46. The summed E-state index contributed by atoms with van der Waals surface area (Å²) in [6.45, 7) is 0. The first-order valence-corrected chi connectivity index (χ1v) is 8.08. The van der Waals surface area contributed by atoms with Crippen LogP contribution in [0.2, 0.25) is 0 Å². The van der Waals surface area contributed by atoms with Gasteiger partial charge >= 0.3 is 0 Å². The molecule has 1 unspecified atom stereocenters. The molecule has 122 valence electrons. The number of pyridine rings is 1. The van der Waals surface area contributed by atoms with Crippen molar-refractivity contribution in [3.8, 4) is 0 Å². The van der Waals surface area contributed by atoms with E-state index in [1.807, 2.05) is 42.5 Å². The molecular formula is C19H18N2O3. The molecule has 1 aromatic carbocycles. The molecule has 5 heteroatoms. The summed E-state index contributed by atoms with van der Waals surface area (Å²) in [6.07, 6.45) is 4.27. The molecular weight excluding hydrogens is 304 g/mol. The van der Waals surface area contributed by atoms with E-state index in [-0.39, 0.29) is 24.0 Å². The van der Waals surface area contributed by atoms with E-state index in [1.165, 1.54) is 6.26 Å². The quantitative estimate of drug-likeness (QED) is 0.774. The van der Waals surface area contributed by atoms with E-state index in [0.717, 1.165) is 11.1 Å². The lowest BCUT2D eigenvalue weighted by Gasteiger charge is -2.37. The molecule has 0 saturated heterocycles. The number of benzene rings is 1. The topological polar surface area (TPSA) is 75.4 Å². The number of carbonyl (C=O) groups excluding carboxylic acids is 1. The summed E-state index contributed by atoms with van der Waals surface area (Å²) in [5.41, 5.74) is 2.03. The number of nitrogens with zero attached hydrogens (tertiary/aromatic N) is 1. The smallest absolute Gasteiger partial charge is 0.255 e. The maximum atomic E-state index is 12.8. The maximum Gasteiger partial charge on any atom is 0.255 e. The van der Waals surface area contributed by atoms with Gasteiger partial charge in [-0.3, -0.25) is 9.78 Å². The molecule has 1 saturated carbocycles. The Kier molecular flexibility index (Phi) is 3.78. The molecule has 3 aromatic rings. The summed E-state index contributed by atoms with van der Waals surface area (Å²) in [7, 11) is 0. The van der Waals surface area contributed by atoms with Crippen LogP contribution in [-0.2, 0) is 0 Å². The third kappa shape index (κ3) is 2.67. The van der Waals surface area contributed by atoms with Crippen LogP contribution in [0, 0.1) is 5.92 Å². The van der Waals surface area contributed by atoms with Gasteiger partial charge in [-0.2, -0.15) is 0 Å². The Labute approximate surface area is 139 Å². The van der Waals surface area contributed by atoms with Crippen molar-refractivity contribution in [2.75, 3.05) is 0 Å². The van der Waals surface area contributed by atoms with Crippen LogP contribution in [-0.4, -0.2) is 22.1 Å². The van der Waals surface area contributed by atoms with Gasteiger partial charge in [-0.05, 0) is 37.0 Å². The average molecular weight is 322 g/mol. The molecule has 2 N–H and O–H groups in total. The number of hydrogen-bond donors (Lipinski definition) is 2. The van der Waals surface area contributed by atoms with Crippen LogP contribution >= 0.6 is 0 Å². The van der Waals surface area contributed by atoms with E-state index >= 15 is 0 Å². The highest BCUT2D eigenvalue weighted by Gasteiger charge is 2.36. The van der Waals surface area contributed by atoms with E-state index in [9.17, 15) is 9.90 Å². The minimum Gasteiger partial charge on any atom is -0.463 e. The van der Waals surface area contributed by atoms with Gasteiger partial charge in [-0.15, -0.1) is 0 Å². The molecule has 0 aliphatic heterocycles. The molecule has 1 aliphatic rings. The Hall–Kier alpha value is -2.66. The SMILES string of the molecule is O=C(NC(c1ccccn1)C1CC(O)C1)c1coc2ccccc12. The second kappa shape index (κ2) is 6.09. The number of aromatic nitrogens is 1. The van der Waals surface area contributed by atoms with Crippen molar-refractivity contribution in [1.82, 2.24) is 10.3 Å². The Balaban J connectivity index is 1.61. The number of aliphatic hydroxyl groups excluding tert-OH is 1. The summed E-state index contributed by atoms with van der Waals surface area (Å²) >= 11 is 0. The van der Waals surface area contributed by atoms with Gasteiger partial charge in [0, 0.05) is 11.6 Å². The second-order valence-corrected chi connectivity index (χ2v) is 6.24. The summed E-state index contributed by atoms with van der Waals surface area (Å²) in [4.78, 5) is 17.2. The summed E-state index contributed by atoms with van der Waals surface area (Å²) in [5, 5.41) is 13.5. The molecule has 2 heterocycles. The van der Waals surface area contributed by atoms with E-state index in [4.69, 9.17) is 4.42 Å². The van der Waals surface area contributed by atoms with Gasteiger partial charge in [0.05, 0.1) is 23.4 Å². The first-order valence-electron chi connectivity index (χ1n) is 8.08. The zero-order chi connectivity index (χ0) is 16.5. The average Bonchev–Trinajstić information content (AvgIpc) is 3.02. The van der Waals surface area contributed by atoms with Crippen LogP contribution in [0.15, 0.2) is 59.3 Å². The third-order valence-corrected chi connectivity index (χ3v) is 4.64. The molecule has 0 radical (unpaired) electrons. The van der Waals surface area contributed by atoms with Gasteiger partial charge in [-0.25, -0.2) is 0 Å². The lowest BCUT2D eigenvalue weighted by molar-refractivity contribution is 0.0228. The third-order valence-electron chi connectivity index (χ3n) is 4.64. The van der Waals surface area contributed by atoms with Crippen molar-refractivity contribution in [3.05, 3.63) is 66.2 Å². The van der Waals surface area contributed by atoms with Crippen LogP contribution in [0.4, 0.5) is 0 Å². The highest BCUT2D eigenvalue weighted by molar-refractivity contribution is 6.06. The maximum absolute atomic E-state index is 12.8. The van der Waals surface area contributed by atoms with Crippen molar-refractivity contribution < 1.29 is 14.3 Å². The summed E-state index contributed by atoms with van der Waals surface area (Å²) in [5.74, 6) is 0.00834. The zero-order valence-corrected chi connectivity index (χ0v) is 13.1. The second-order valence-electron chi connectivity index (χ2n) is 6.24. The van der Waals surface area contributed by atoms with Crippen LogP contribution < -0.4 is 5.32 Å². The number of nitrogens with one attached hydrogen (secondary N) is 1. The molecule has 0 spiro atoms. The standard InChI is InChI=1S/C19H18N2O3/c22-13-9-12(10-13)18(16-6-3-4-8-20-16)21-19(23)15-11-24-17-7-2-1-5-14(15)17/h1-8,11-13,18,22H,9-10H2,(H,21,23). The predicted molar refractivity (Wildman–Crippen MR) is 89.4 cm³/mol. The Morgan fingerprint density at radius 3 is 2.75 bits per heavy atom. The first kappa shape index (κ1) is 14.9. The Bertz CT molecular complexity index is 853. The van der Waals surface area contributed by atoms with Gasteiger partial charge < -0.3 is 14.8 Å². The molecule has 5 nitrogen and oxygen atoms in total. The number of rotatable bonds is 4. The normalized spacial score (nSPS) is 21.2. The predicted octanol–water partition coefficient (Wildman–Crippen LogP) is 3.07. The van der Waals surface area contributed by atoms with Crippen molar-refractivity contribution in [2.24, 2.45) is 5.92 Å². The minimum atomic E-state index is -0.284. The van der Waals surface area contributed by atoms with Crippen molar-refractivity contribution in [2.45, 2.75) is 25.0 Å². The fourth-order valence-corrected chi connectivity index (χ4v) is 3.27. The molecule has 1 aliphatic carbocycles. The number of carbonyl (C=O) groups is 1. The Morgan fingerprint density at radius 2 is 2.00 bits per heavy atom. The van der Waals surface area contributed by atoms with Gasteiger partial charge in [-0.1, -0.05) is 24.3 Å². The fourth-order valence-electron chi connectivity index (χ4n) is 3.27. The van der Waals surface area contributed by atoms with E-state index in [1.54, 1.807) is 6.20 Å². The monoisotopic (exact) mass is 322 g/mol. The van der Waals surface area contributed by atoms with Crippen LogP contribution in [0.3, 0.4) is 0 Å². The number of para-hydroxylation sites is 1. The van der Waals surface area contributed by atoms with Crippen molar-refractivity contribution in [3.63, 3.8) is 0 Å². The number of amides is 1. The molecule has 1 amide bonds. The molecule has 4 rings (SSSR count). The van der Waals surface area contributed by atoms with Crippen molar-refractivity contribution >= 4 is 16.9 Å². The van der Waals surface area contributed by atoms with Gasteiger partial charge in [0.25, 0.3) is 5.91 Å². The molecule has 1 fully saturated rings. The number of aliphatic hydroxyl groups is 1. The summed E-state index contributed by atoms with van der Waals surface area (Å²) in [6, 6.07) is 12.9. The van der Waals surface area contributed by atoms with E-state index in [2.05, 4.69) is 10.3 Å². The number of fused-ring (bicyclic) bond motifs is 1. The number of hydrogen-bond acceptors (Lipinski definition) is 4.